The summed E-state index contributed by atoms with van der Waals surface area (Å²) in [6.45, 7) is 5.14. The first-order valence-electron chi connectivity index (χ1n) is 11.1. The summed E-state index contributed by atoms with van der Waals surface area (Å²) in [4.78, 5) is 15.8. The molecule has 0 spiro atoms. The number of benzene rings is 1. The van der Waals surface area contributed by atoms with Crippen molar-refractivity contribution in [2.45, 2.75) is 32.2 Å². The number of likely N-dealkylation sites (tertiary alicyclic amines) is 1. The second-order valence-corrected chi connectivity index (χ2v) is 8.10. The van der Waals surface area contributed by atoms with Crippen LogP contribution in [0.3, 0.4) is 0 Å². The van der Waals surface area contributed by atoms with Crippen LogP contribution in [0.4, 0.5) is 0 Å². The molecule has 1 aliphatic rings. The van der Waals surface area contributed by atoms with E-state index in [1.165, 1.54) is 12.8 Å². The molecule has 0 bridgehead atoms. The molecule has 0 aliphatic carbocycles. The van der Waals surface area contributed by atoms with Gasteiger partial charge in [-0.1, -0.05) is 11.8 Å². The molecule has 1 aliphatic heterocycles. The Morgan fingerprint density at radius 1 is 1.29 bits per heavy atom. The molecule has 2 N–H and O–H groups in total. The summed E-state index contributed by atoms with van der Waals surface area (Å²) in [5.74, 6) is 6.62. The minimum atomic E-state index is 0.00586. The molecule has 7 heteroatoms. The van der Waals surface area contributed by atoms with E-state index in [1.54, 1.807) is 7.11 Å². The second-order valence-electron chi connectivity index (χ2n) is 8.10. The number of aromatic amines is 1. The maximum absolute atomic E-state index is 13.4. The van der Waals surface area contributed by atoms with Gasteiger partial charge in [0.05, 0.1) is 29.7 Å². The van der Waals surface area contributed by atoms with Gasteiger partial charge in [-0.3, -0.25) is 14.8 Å². The van der Waals surface area contributed by atoms with Crippen LogP contribution in [-0.2, 0) is 17.7 Å². The van der Waals surface area contributed by atoms with Crippen LogP contribution in [0.1, 0.15) is 30.5 Å². The van der Waals surface area contributed by atoms with E-state index < -0.39 is 0 Å². The molecule has 2 aromatic heterocycles. The first kappa shape index (κ1) is 21.6. The van der Waals surface area contributed by atoms with Crippen molar-refractivity contribution in [3.63, 3.8) is 0 Å². The van der Waals surface area contributed by atoms with Crippen LogP contribution in [-0.4, -0.2) is 66.6 Å². The maximum Gasteiger partial charge on any atom is 0.262 e. The van der Waals surface area contributed by atoms with E-state index in [2.05, 4.69) is 38.3 Å². The highest BCUT2D eigenvalue weighted by atomic mass is 16.5. The summed E-state index contributed by atoms with van der Waals surface area (Å²) >= 11 is 0. The molecular formula is C24H31N5O2. The van der Waals surface area contributed by atoms with Crippen molar-refractivity contribution in [1.82, 2.24) is 25.0 Å². The average Bonchev–Trinajstić information content (AvgIpc) is 3.45. The van der Waals surface area contributed by atoms with E-state index in [-0.39, 0.29) is 5.56 Å². The molecule has 0 unspecified atom stereocenters. The predicted molar refractivity (Wildman–Crippen MR) is 125 cm³/mol. The van der Waals surface area contributed by atoms with E-state index in [1.807, 2.05) is 23.7 Å². The van der Waals surface area contributed by atoms with Crippen LogP contribution in [0.5, 0.6) is 0 Å². The number of H-pyrrole nitrogens is 1. The molecule has 4 rings (SSSR count). The number of pyridine rings is 1. The lowest BCUT2D eigenvalue weighted by Gasteiger charge is -2.12. The number of nitrogens with one attached hydrogen (secondary N) is 2. The van der Waals surface area contributed by atoms with E-state index in [0.29, 0.717) is 25.0 Å². The molecule has 7 nitrogen and oxygen atoms in total. The number of hydrogen-bond acceptors (Lipinski definition) is 5. The molecule has 3 heterocycles. The Morgan fingerprint density at radius 3 is 2.90 bits per heavy atom. The molecular weight excluding hydrogens is 390 g/mol. The molecule has 0 atom stereocenters. The highest BCUT2D eigenvalue weighted by Crippen LogP contribution is 2.24. The van der Waals surface area contributed by atoms with E-state index in [4.69, 9.17) is 4.74 Å². The van der Waals surface area contributed by atoms with Crippen molar-refractivity contribution in [1.29, 1.82) is 0 Å². The molecule has 1 fully saturated rings. The second kappa shape index (κ2) is 10.1. The lowest BCUT2D eigenvalue weighted by molar-refractivity contribution is 0.201. The number of nitrogens with zero attached hydrogens (tertiary/aromatic N) is 3. The number of ether oxygens (including phenoxy) is 1. The van der Waals surface area contributed by atoms with Gasteiger partial charge in [0.25, 0.3) is 5.56 Å². The van der Waals surface area contributed by atoms with Gasteiger partial charge in [0.1, 0.15) is 5.52 Å². The fourth-order valence-corrected chi connectivity index (χ4v) is 4.30. The summed E-state index contributed by atoms with van der Waals surface area (Å²) in [6.07, 6.45) is 4.04. The number of aryl methyl sites for hydroxylation is 1. The van der Waals surface area contributed by atoms with E-state index in [0.717, 1.165) is 60.3 Å². The van der Waals surface area contributed by atoms with Gasteiger partial charge in [0.2, 0.25) is 0 Å². The molecule has 0 saturated carbocycles. The fraction of sp³-hybridized carbons (Fsp3) is 0.500. The van der Waals surface area contributed by atoms with Crippen LogP contribution >= 0.6 is 0 Å². The van der Waals surface area contributed by atoms with Crippen LogP contribution in [0.2, 0.25) is 0 Å². The Labute approximate surface area is 182 Å². The fourth-order valence-electron chi connectivity index (χ4n) is 4.30. The molecule has 164 valence electrons. The Hall–Kier alpha value is -2.66. The maximum atomic E-state index is 13.4. The van der Waals surface area contributed by atoms with Gasteiger partial charge < -0.3 is 14.6 Å². The summed E-state index contributed by atoms with van der Waals surface area (Å²) in [5.41, 5.74) is 3.42. The zero-order chi connectivity index (χ0) is 21.6. The van der Waals surface area contributed by atoms with Crippen molar-refractivity contribution in [3.05, 3.63) is 39.8 Å². The standard InChI is InChI=1S/C24H31N5O2/c1-25-11-6-15-29-21-9-8-18(7-5-14-28-12-3-4-13-28)17-19(21)23-22(24(29)30)20(26-27-23)10-16-31-2/h8-9,17,25H,3-4,6,10-16H2,1-2H3,(H,26,27). The van der Waals surface area contributed by atoms with E-state index in [9.17, 15) is 4.79 Å². The van der Waals surface area contributed by atoms with Crippen molar-refractivity contribution in [2.24, 2.45) is 0 Å². The van der Waals surface area contributed by atoms with Crippen LogP contribution in [0, 0.1) is 11.8 Å². The van der Waals surface area contributed by atoms with Crippen molar-refractivity contribution >= 4 is 21.8 Å². The Morgan fingerprint density at radius 2 is 2.13 bits per heavy atom. The monoisotopic (exact) mass is 421 g/mol. The highest BCUT2D eigenvalue weighted by molar-refractivity contribution is 6.04. The van der Waals surface area contributed by atoms with Crippen LogP contribution in [0.25, 0.3) is 21.8 Å². The number of rotatable bonds is 8. The quantitative estimate of drug-likeness (QED) is 0.431. The predicted octanol–water partition coefficient (Wildman–Crippen LogP) is 2.12. The lowest BCUT2D eigenvalue weighted by Crippen LogP contribution is -2.23. The molecule has 0 amide bonds. The van der Waals surface area contributed by atoms with Gasteiger partial charge in [0.15, 0.2) is 0 Å². The summed E-state index contributed by atoms with van der Waals surface area (Å²) < 4.78 is 7.10. The SMILES string of the molecule is CNCCCn1c(=O)c2c(CCOC)[nH]nc2c2cc(C#CCN3CCCC3)ccc21. The zero-order valence-electron chi connectivity index (χ0n) is 18.5. The van der Waals surface area contributed by atoms with Crippen molar-refractivity contribution < 1.29 is 4.74 Å². The van der Waals surface area contributed by atoms with Crippen LogP contribution in [0.15, 0.2) is 23.0 Å². The number of hydrogen-bond donors (Lipinski definition) is 2. The molecule has 1 saturated heterocycles. The van der Waals surface area contributed by atoms with Gasteiger partial charge >= 0.3 is 0 Å². The lowest BCUT2D eigenvalue weighted by atomic mass is 10.1. The Bertz CT molecular complexity index is 1160. The topological polar surface area (TPSA) is 75.2 Å². The first-order chi connectivity index (χ1) is 15.2. The summed E-state index contributed by atoms with van der Waals surface area (Å²) in [5, 5.41) is 12.4. The minimum Gasteiger partial charge on any atom is -0.384 e. The highest BCUT2D eigenvalue weighted by Gasteiger charge is 2.17. The smallest absolute Gasteiger partial charge is 0.262 e. The van der Waals surface area contributed by atoms with Gasteiger partial charge in [0, 0.05) is 31.0 Å². The zero-order valence-corrected chi connectivity index (χ0v) is 18.5. The van der Waals surface area contributed by atoms with Gasteiger partial charge in [-0.15, -0.1) is 0 Å². The normalized spacial score (nSPS) is 14.4. The third-order valence-electron chi connectivity index (χ3n) is 5.94. The van der Waals surface area contributed by atoms with Gasteiger partial charge in [-0.2, -0.15) is 5.10 Å². The molecule has 31 heavy (non-hydrogen) atoms. The minimum absolute atomic E-state index is 0.00586. The average molecular weight is 422 g/mol. The van der Waals surface area contributed by atoms with E-state index >= 15 is 0 Å². The third kappa shape index (κ3) is 4.67. The largest absolute Gasteiger partial charge is 0.384 e. The van der Waals surface area contributed by atoms with Crippen molar-refractivity contribution in [2.75, 3.05) is 46.9 Å². The first-order valence-corrected chi connectivity index (χ1v) is 11.1. The summed E-state index contributed by atoms with van der Waals surface area (Å²) in [7, 11) is 3.59. The summed E-state index contributed by atoms with van der Waals surface area (Å²) in [6, 6.07) is 6.10. The third-order valence-corrected chi connectivity index (χ3v) is 5.94. The molecule has 0 radical (unpaired) electrons. The van der Waals surface area contributed by atoms with Crippen molar-refractivity contribution in [3.8, 4) is 11.8 Å². The number of fused-ring (bicyclic) bond motifs is 3. The van der Waals surface area contributed by atoms with Gasteiger partial charge in [-0.05, 0) is 64.1 Å². The number of methoxy groups -OCH3 is 1. The Balaban J connectivity index is 1.77. The van der Waals surface area contributed by atoms with Gasteiger partial charge in [-0.25, -0.2) is 0 Å². The molecule has 3 aromatic rings. The Kier molecular flexibility index (Phi) is 7.03. The molecule has 1 aromatic carbocycles. The number of aromatic nitrogens is 3. The van der Waals surface area contributed by atoms with Crippen LogP contribution < -0.4 is 10.9 Å².